The molecule has 19 heavy (non-hydrogen) atoms. The molecule has 1 aliphatic rings. The number of piperidine rings is 1. The van der Waals surface area contributed by atoms with Crippen LogP contribution in [0.5, 0.6) is 0 Å². The van der Waals surface area contributed by atoms with Gasteiger partial charge in [0, 0.05) is 16.7 Å². The monoisotopic (exact) mass is 321 g/mol. The molecule has 1 heterocycles. The molecule has 1 N–H and O–H groups in total. The molecule has 3 nitrogen and oxygen atoms in total. The third-order valence-corrected chi connectivity index (χ3v) is 4.47. The Morgan fingerprint density at radius 3 is 2.79 bits per heavy atom. The number of likely N-dealkylation sites (tertiary alicyclic amines) is 1. The summed E-state index contributed by atoms with van der Waals surface area (Å²) in [5, 5.41) is 12.3. The van der Waals surface area contributed by atoms with E-state index in [-0.39, 0.29) is 0 Å². The fourth-order valence-corrected chi connectivity index (χ4v) is 2.95. The van der Waals surface area contributed by atoms with Gasteiger partial charge in [-0.25, -0.2) is 0 Å². The lowest BCUT2D eigenvalue weighted by Gasteiger charge is -2.29. The average Bonchev–Trinajstić information content (AvgIpc) is 2.41. The molecule has 0 amide bonds. The van der Waals surface area contributed by atoms with Crippen molar-refractivity contribution in [3.05, 3.63) is 28.2 Å². The fourth-order valence-electron chi connectivity index (χ4n) is 2.49. The van der Waals surface area contributed by atoms with Gasteiger partial charge in [0.05, 0.1) is 5.56 Å². The predicted octanol–water partition coefficient (Wildman–Crippen LogP) is 3.46. The molecule has 0 unspecified atom stereocenters. The Kier molecular flexibility index (Phi) is 5.24. The van der Waals surface area contributed by atoms with Crippen LogP contribution >= 0.6 is 15.9 Å². The normalized spacial score (nSPS) is 17.1. The molecule has 1 aliphatic heterocycles. The highest BCUT2D eigenvalue weighted by molar-refractivity contribution is 9.10. The summed E-state index contributed by atoms with van der Waals surface area (Å²) in [7, 11) is 2.20. The molecule has 0 aliphatic carbocycles. The van der Waals surface area contributed by atoms with Crippen LogP contribution in [-0.2, 0) is 0 Å². The second-order valence-electron chi connectivity index (χ2n) is 5.27. The number of benzene rings is 1. The third kappa shape index (κ3) is 4.22. The van der Waals surface area contributed by atoms with Crippen molar-refractivity contribution in [1.29, 1.82) is 5.26 Å². The van der Waals surface area contributed by atoms with E-state index in [0.717, 1.165) is 22.6 Å². The highest BCUT2D eigenvalue weighted by atomic mass is 79.9. The number of hydrogen-bond donors (Lipinski definition) is 1. The van der Waals surface area contributed by atoms with Crippen LogP contribution < -0.4 is 5.32 Å². The molecule has 102 valence electrons. The maximum atomic E-state index is 8.87. The fraction of sp³-hybridized carbons (Fsp3) is 0.533. The molecule has 0 aromatic heterocycles. The van der Waals surface area contributed by atoms with Crippen LogP contribution in [0.3, 0.4) is 0 Å². The molecule has 0 atom stereocenters. The quantitative estimate of drug-likeness (QED) is 0.923. The van der Waals surface area contributed by atoms with Crippen molar-refractivity contribution in [1.82, 2.24) is 4.90 Å². The number of rotatable bonds is 4. The minimum atomic E-state index is 0.681. The smallest absolute Gasteiger partial charge is 0.100 e. The van der Waals surface area contributed by atoms with E-state index in [1.165, 1.54) is 32.4 Å². The van der Waals surface area contributed by atoms with Gasteiger partial charge in [-0.15, -0.1) is 0 Å². The Balaban J connectivity index is 1.77. The summed E-state index contributed by atoms with van der Waals surface area (Å²) >= 11 is 3.41. The first-order chi connectivity index (χ1) is 9.19. The van der Waals surface area contributed by atoms with E-state index in [1.807, 2.05) is 18.2 Å². The summed E-state index contributed by atoms with van der Waals surface area (Å²) in [4.78, 5) is 2.40. The lowest BCUT2D eigenvalue weighted by atomic mass is 9.94. The van der Waals surface area contributed by atoms with Crippen molar-refractivity contribution >= 4 is 21.6 Å². The zero-order valence-corrected chi connectivity index (χ0v) is 12.9. The Bertz CT molecular complexity index is 459. The highest BCUT2D eigenvalue weighted by Gasteiger charge is 2.15. The molecule has 0 spiro atoms. The van der Waals surface area contributed by atoms with Gasteiger partial charge in [0.25, 0.3) is 0 Å². The van der Waals surface area contributed by atoms with Crippen molar-refractivity contribution in [2.75, 3.05) is 32.0 Å². The number of anilines is 1. The highest BCUT2D eigenvalue weighted by Crippen LogP contribution is 2.22. The molecule has 1 aromatic rings. The van der Waals surface area contributed by atoms with E-state index >= 15 is 0 Å². The van der Waals surface area contributed by atoms with Gasteiger partial charge >= 0.3 is 0 Å². The number of nitrogens with one attached hydrogen (secondary N) is 1. The summed E-state index contributed by atoms with van der Waals surface area (Å²) in [6.07, 6.45) is 3.86. The summed E-state index contributed by atoms with van der Waals surface area (Å²) in [6, 6.07) is 7.95. The van der Waals surface area contributed by atoms with Gasteiger partial charge in [0.1, 0.15) is 6.07 Å². The molecular formula is C15H20BrN3. The lowest BCUT2D eigenvalue weighted by Crippen LogP contribution is -2.30. The Morgan fingerprint density at radius 2 is 2.16 bits per heavy atom. The molecule has 0 bridgehead atoms. The van der Waals surface area contributed by atoms with Gasteiger partial charge in [-0.3, -0.25) is 0 Å². The topological polar surface area (TPSA) is 39.1 Å². The Labute approximate surface area is 123 Å². The summed E-state index contributed by atoms with van der Waals surface area (Å²) in [6.45, 7) is 3.47. The van der Waals surface area contributed by atoms with Crippen LogP contribution in [0.2, 0.25) is 0 Å². The van der Waals surface area contributed by atoms with E-state index in [1.54, 1.807) is 0 Å². The second-order valence-corrected chi connectivity index (χ2v) is 6.12. The second kappa shape index (κ2) is 6.93. The predicted molar refractivity (Wildman–Crippen MR) is 82.2 cm³/mol. The van der Waals surface area contributed by atoms with Crippen LogP contribution in [0.15, 0.2) is 22.7 Å². The van der Waals surface area contributed by atoms with E-state index in [0.29, 0.717) is 5.56 Å². The number of nitrogens with zero attached hydrogens (tertiary/aromatic N) is 2. The van der Waals surface area contributed by atoms with E-state index in [2.05, 4.69) is 39.3 Å². The standard InChI is InChI=1S/C15H20BrN3/c1-19-8-5-12(6-9-19)4-7-18-14-3-2-13(11-17)15(16)10-14/h2-3,10,12,18H,4-9H2,1H3. The zero-order valence-electron chi connectivity index (χ0n) is 11.3. The van der Waals surface area contributed by atoms with Gasteiger partial charge in [0.2, 0.25) is 0 Å². The zero-order chi connectivity index (χ0) is 13.7. The first-order valence-corrected chi connectivity index (χ1v) is 7.60. The molecule has 0 saturated carbocycles. The average molecular weight is 322 g/mol. The first kappa shape index (κ1) is 14.4. The molecule has 4 heteroatoms. The van der Waals surface area contributed by atoms with Gasteiger partial charge in [-0.05, 0) is 79.4 Å². The van der Waals surface area contributed by atoms with Crippen molar-refractivity contribution < 1.29 is 0 Å². The first-order valence-electron chi connectivity index (χ1n) is 6.81. The Hall–Kier alpha value is -1.05. The van der Waals surface area contributed by atoms with Gasteiger partial charge in [-0.2, -0.15) is 5.26 Å². The number of halogens is 1. The van der Waals surface area contributed by atoms with E-state index in [9.17, 15) is 0 Å². The largest absolute Gasteiger partial charge is 0.385 e. The van der Waals surface area contributed by atoms with E-state index < -0.39 is 0 Å². The van der Waals surface area contributed by atoms with Crippen molar-refractivity contribution in [2.24, 2.45) is 5.92 Å². The van der Waals surface area contributed by atoms with Gasteiger partial charge < -0.3 is 10.2 Å². The molecule has 1 fully saturated rings. The van der Waals surface area contributed by atoms with Crippen LogP contribution in [0.1, 0.15) is 24.8 Å². The molecule has 0 radical (unpaired) electrons. The molecule has 1 saturated heterocycles. The van der Waals surface area contributed by atoms with Crippen molar-refractivity contribution in [2.45, 2.75) is 19.3 Å². The van der Waals surface area contributed by atoms with Gasteiger partial charge in [-0.1, -0.05) is 0 Å². The van der Waals surface area contributed by atoms with Crippen molar-refractivity contribution in [3.8, 4) is 6.07 Å². The van der Waals surface area contributed by atoms with Crippen LogP contribution in [0.25, 0.3) is 0 Å². The van der Waals surface area contributed by atoms with E-state index in [4.69, 9.17) is 5.26 Å². The SMILES string of the molecule is CN1CCC(CCNc2ccc(C#N)c(Br)c2)CC1. The number of nitriles is 1. The minimum Gasteiger partial charge on any atom is -0.385 e. The summed E-state index contributed by atoms with van der Waals surface area (Å²) < 4.78 is 0.860. The summed E-state index contributed by atoms with van der Waals surface area (Å²) in [5.41, 5.74) is 1.76. The molecule has 2 rings (SSSR count). The maximum Gasteiger partial charge on any atom is 0.100 e. The van der Waals surface area contributed by atoms with Crippen molar-refractivity contribution in [3.63, 3.8) is 0 Å². The van der Waals surface area contributed by atoms with Crippen LogP contribution in [0.4, 0.5) is 5.69 Å². The van der Waals surface area contributed by atoms with Crippen LogP contribution in [0, 0.1) is 17.2 Å². The number of hydrogen-bond acceptors (Lipinski definition) is 3. The minimum absolute atomic E-state index is 0.681. The van der Waals surface area contributed by atoms with Gasteiger partial charge in [0.15, 0.2) is 0 Å². The Morgan fingerprint density at radius 1 is 1.42 bits per heavy atom. The lowest BCUT2D eigenvalue weighted by molar-refractivity contribution is 0.215. The maximum absolute atomic E-state index is 8.87. The van der Waals surface area contributed by atoms with Crippen LogP contribution in [-0.4, -0.2) is 31.6 Å². The molecular weight excluding hydrogens is 302 g/mol. The summed E-state index contributed by atoms with van der Waals surface area (Å²) in [5.74, 6) is 0.852. The third-order valence-electron chi connectivity index (χ3n) is 3.81. The molecule has 1 aromatic carbocycles.